The predicted molar refractivity (Wildman–Crippen MR) is 85.5 cm³/mol. The molecule has 2 amide bonds. The van der Waals surface area contributed by atoms with Crippen LogP contribution in [0.5, 0.6) is 0 Å². The molecule has 22 heavy (non-hydrogen) atoms. The van der Waals surface area contributed by atoms with Crippen molar-refractivity contribution in [2.45, 2.75) is 25.7 Å². The van der Waals surface area contributed by atoms with Gasteiger partial charge in [0, 0.05) is 30.3 Å². The van der Waals surface area contributed by atoms with Gasteiger partial charge in [0.15, 0.2) is 0 Å². The first-order chi connectivity index (χ1) is 10.7. The van der Waals surface area contributed by atoms with Crippen LogP contribution in [0.15, 0.2) is 36.4 Å². The van der Waals surface area contributed by atoms with Crippen molar-refractivity contribution in [3.05, 3.63) is 36.4 Å². The summed E-state index contributed by atoms with van der Waals surface area (Å²) in [5.74, 6) is 1.46. The van der Waals surface area contributed by atoms with Crippen molar-refractivity contribution in [2.75, 3.05) is 16.8 Å². The third kappa shape index (κ3) is 2.32. The zero-order valence-electron chi connectivity index (χ0n) is 12.5. The van der Waals surface area contributed by atoms with Crippen molar-refractivity contribution in [2.24, 2.45) is 17.8 Å². The maximum atomic E-state index is 12.4. The second-order valence-corrected chi connectivity index (χ2v) is 6.57. The molecule has 1 heterocycles. The maximum Gasteiger partial charge on any atom is 0.228 e. The molecule has 4 rings (SSSR count). The molecule has 114 valence electrons. The quantitative estimate of drug-likeness (QED) is 0.872. The largest absolute Gasteiger partial charge is 0.326 e. The zero-order chi connectivity index (χ0) is 15.1. The van der Waals surface area contributed by atoms with Gasteiger partial charge in [0.25, 0.3) is 0 Å². The van der Waals surface area contributed by atoms with E-state index in [1.54, 1.807) is 0 Å². The fraction of sp³-hybridized carbons (Fsp3) is 0.444. The number of allylic oxidation sites excluding steroid dienone is 2. The van der Waals surface area contributed by atoms with Crippen LogP contribution in [-0.2, 0) is 9.59 Å². The normalized spacial score (nSPS) is 29.4. The lowest BCUT2D eigenvalue weighted by Gasteiger charge is -2.19. The summed E-state index contributed by atoms with van der Waals surface area (Å²) < 4.78 is 0. The molecule has 2 aliphatic carbocycles. The number of nitrogens with zero attached hydrogens (tertiary/aromatic N) is 1. The minimum Gasteiger partial charge on any atom is -0.326 e. The minimum absolute atomic E-state index is 0.120. The average molecular weight is 296 g/mol. The van der Waals surface area contributed by atoms with Crippen LogP contribution in [0.25, 0.3) is 0 Å². The van der Waals surface area contributed by atoms with E-state index < -0.39 is 0 Å². The molecule has 2 fully saturated rings. The zero-order valence-corrected chi connectivity index (χ0v) is 12.5. The van der Waals surface area contributed by atoms with E-state index in [0.717, 1.165) is 37.2 Å². The first kappa shape index (κ1) is 13.6. The summed E-state index contributed by atoms with van der Waals surface area (Å²) in [5, 5.41) is 3.02. The Hall–Kier alpha value is -2.10. The van der Waals surface area contributed by atoms with Gasteiger partial charge in [0.2, 0.25) is 11.8 Å². The number of carbonyl (C=O) groups is 2. The highest BCUT2D eigenvalue weighted by Crippen LogP contribution is 2.43. The van der Waals surface area contributed by atoms with Gasteiger partial charge in [-0.2, -0.15) is 0 Å². The summed E-state index contributed by atoms with van der Waals surface area (Å²) in [6.07, 6.45) is 8.11. The highest BCUT2D eigenvalue weighted by molar-refractivity contribution is 5.96. The molecule has 1 aliphatic heterocycles. The van der Waals surface area contributed by atoms with Crippen LogP contribution in [0.4, 0.5) is 11.4 Å². The van der Waals surface area contributed by atoms with Crippen molar-refractivity contribution in [3.8, 4) is 0 Å². The molecular weight excluding hydrogens is 276 g/mol. The molecule has 3 atom stereocenters. The molecule has 1 saturated heterocycles. The van der Waals surface area contributed by atoms with E-state index in [0.29, 0.717) is 18.3 Å². The minimum atomic E-state index is 0.120. The molecule has 4 nitrogen and oxygen atoms in total. The molecular formula is C18H20N2O2. The molecule has 0 radical (unpaired) electrons. The summed E-state index contributed by atoms with van der Waals surface area (Å²) in [6.45, 7) is 0.794. The number of benzene rings is 1. The molecule has 4 heteroatoms. The molecule has 3 unspecified atom stereocenters. The van der Waals surface area contributed by atoms with Crippen molar-refractivity contribution in [1.29, 1.82) is 0 Å². The molecule has 2 bridgehead atoms. The van der Waals surface area contributed by atoms with Gasteiger partial charge in [0.1, 0.15) is 0 Å². The monoisotopic (exact) mass is 296 g/mol. The first-order valence-electron chi connectivity index (χ1n) is 8.10. The number of fused-ring (bicyclic) bond motifs is 2. The Morgan fingerprint density at radius 2 is 1.95 bits per heavy atom. The highest BCUT2D eigenvalue weighted by atomic mass is 16.2. The van der Waals surface area contributed by atoms with Gasteiger partial charge >= 0.3 is 0 Å². The Kier molecular flexibility index (Phi) is 3.25. The molecule has 1 saturated carbocycles. The SMILES string of the molecule is O=C(Nc1ccc(N2CCCC2=O)cc1)C1CC2C=CC1C2. The Balaban J connectivity index is 1.42. The third-order valence-electron chi connectivity index (χ3n) is 5.14. The summed E-state index contributed by atoms with van der Waals surface area (Å²) in [7, 11) is 0. The van der Waals surface area contributed by atoms with E-state index in [4.69, 9.17) is 0 Å². The van der Waals surface area contributed by atoms with Crippen LogP contribution in [0, 0.1) is 17.8 Å². The summed E-state index contributed by atoms with van der Waals surface area (Å²) in [6, 6.07) is 7.61. The van der Waals surface area contributed by atoms with Gasteiger partial charge in [-0.15, -0.1) is 0 Å². The lowest BCUT2D eigenvalue weighted by molar-refractivity contribution is -0.120. The van der Waals surface area contributed by atoms with E-state index in [1.165, 1.54) is 0 Å². The van der Waals surface area contributed by atoms with Crippen LogP contribution < -0.4 is 10.2 Å². The Morgan fingerprint density at radius 1 is 1.14 bits per heavy atom. The summed E-state index contributed by atoms with van der Waals surface area (Å²) in [5.41, 5.74) is 1.73. The molecule has 3 aliphatic rings. The van der Waals surface area contributed by atoms with E-state index in [1.807, 2.05) is 29.2 Å². The van der Waals surface area contributed by atoms with Crippen LogP contribution in [-0.4, -0.2) is 18.4 Å². The van der Waals surface area contributed by atoms with Crippen LogP contribution in [0.1, 0.15) is 25.7 Å². The second kappa shape index (κ2) is 5.27. The molecule has 0 spiro atoms. The maximum absolute atomic E-state index is 12.4. The second-order valence-electron chi connectivity index (χ2n) is 6.57. The van der Waals surface area contributed by atoms with Gasteiger partial charge in [-0.25, -0.2) is 0 Å². The Labute approximate surface area is 130 Å². The van der Waals surface area contributed by atoms with E-state index in [9.17, 15) is 9.59 Å². The van der Waals surface area contributed by atoms with E-state index in [-0.39, 0.29) is 17.7 Å². The van der Waals surface area contributed by atoms with Gasteiger partial charge in [-0.1, -0.05) is 12.2 Å². The van der Waals surface area contributed by atoms with Crippen LogP contribution >= 0.6 is 0 Å². The number of hydrogen-bond acceptors (Lipinski definition) is 2. The standard InChI is InChI=1S/C18H20N2O2/c21-17-2-1-9-20(17)15-7-5-14(6-8-15)19-18(22)16-11-12-3-4-13(16)10-12/h3-8,12-13,16H,1-2,9-11H2,(H,19,22). The summed E-state index contributed by atoms with van der Waals surface area (Å²) >= 11 is 0. The highest BCUT2D eigenvalue weighted by Gasteiger charge is 2.39. The molecule has 1 N–H and O–H groups in total. The number of hydrogen-bond donors (Lipinski definition) is 1. The Bertz CT molecular complexity index is 635. The Morgan fingerprint density at radius 3 is 2.55 bits per heavy atom. The number of rotatable bonds is 3. The van der Waals surface area contributed by atoms with Crippen molar-refractivity contribution < 1.29 is 9.59 Å². The van der Waals surface area contributed by atoms with Gasteiger partial charge < -0.3 is 10.2 Å². The molecule has 0 aromatic heterocycles. The third-order valence-corrected chi connectivity index (χ3v) is 5.14. The smallest absolute Gasteiger partial charge is 0.228 e. The van der Waals surface area contributed by atoms with Crippen LogP contribution in [0.2, 0.25) is 0 Å². The van der Waals surface area contributed by atoms with Gasteiger partial charge in [0.05, 0.1) is 0 Å². The molecule has 1 aromatic rings. The number of carbonyl (C=O) groups excluding carboxylic acids is 2. The fourth-order valence-corrected chi connectivity index (χ4v) is 3.96. The number of amides is 2. The van der Waals surface area contributed by atoms with Gasteiger partial charge in [-0.3, -0.25) is 9.59 Å². The number of anilines is 2. The van der Waals surface area contributed by atoms with Crippen molar-refractivity contribution in [1.82, 2.24) is 0 Å². The van der Waals surface area contributed by atoms with Crippen LogP contribution in [0.3, 0.4) is 0 Å². The molecule has 1 aromatic carbocycles. The average Bonchev–Trinajstić information content (AvgIpc) is 3.24. The first-order valence-corrected chi connectivity index (χ1v) is 8.10. The number of nitrogens with one attached hydrogen (secondary N) is 1. The van der Waals surface area contributed by atoms with Crippen molar-refractivity contribution in [3.63, 3.8) is 0 Å². The summed E-state index contributed by atoms with van der Waals surface area (Å²) in [4.78, 5) is 25.9. The van der Waals surface area contributed by atoms with E-state index in [2.05, 4.69) is 17.5 Å². The van der Waals surface area contributed by atoms with Crippen molar-refractivity contribution >= 4 is 23.2 Å². The lowest BCUT2D eigenvalue weighted by Crippen LogP contribution is -2.26. The van der Waals surface area contributed by atoms with E-state index >= 15 is 0 Å². The predicted octanol–water partition coefficient (Wildman–Crippen LogP) is 2.96. The fourth-order valence-electron chi connectivity index (χ4n) is 3.96. The topological polar surface area (TPSA) is 49.4 Å². The van der Waals surface area contributed by atoms with Gasteiger partial charge in [-0.05, 0) is 55.4 Å². The lowest BCUT2D eigenvalue weighted by atomic mass is 9.93.